The Labute approximate surface area is 77.7 Å². The van der Waals surface area contributed by atoms with E-state index < -0.39 is 0 Å². The lowest BCUT2D eigenvalue weighted by atomic mass is 9.82. The second-order valence-corrected chi connectivity index (χ2v) is 4.52. The molecule has 3 unspecified atom stereocenters. The molecule has 0 aromatic carbocycles. The van der Waals surface area contributed by atoms with Crippen molar-refractivity contribution in [1.29, 1.82) is 0 Å². The predicted molar refractivity (Wildman–Crippen MR) is 56.0 cm³/mol. The Morgan fingerprint density at radius 2 is 1.58 bits per heavy atom. The lowest BCUT2D eigenvalue weighted by Crippen LogP contribution is -2.31. The van der Waals surface area contributed by atoms with Crippen molar-refractivity contribution < 1.29 is 0 Å². The van der Waals surface area contributed by atoms with Crippen molar-refractivity contribution in [1.82, 2.24) is 0 Å². The largest absolute Gasteiger partial charge is 0.328 e. The van der Waals surface area contributed by atoms with Gasteiger partial charge in [-0.3, -0.25) is 0 Å². The number of hydrogen-bond acceptors (Lipinski definition) is 1. The van der Waals surface area contributed by atoms with Crippen molar-refractivity contribution in [3.05, 3.63) is 0 Å². The van der Waals surface area contributed by atoms with Gasteiger partial charge in [-0.05, 0) is 31.1 Å². The summed E-state index contributed by atoms with van der Waals surface area (Å²) < 4.78 is 0. The van der Waals surface area contributed by atoms with Gasteiger partial charge < -0.3 is 5.73 Å². The van der Waals surface area contributed by atoms with Crippen molar-refractivity contribution in [3.63, 3.8) is 0 Å². The fraction of sp³-hybridized carbons (Fsp3) is 1.00. The molecule has 0 amide bonds. The summed E-state index contributed by atoms with van der Waals surface area (Å²) in [5.74, 6) is 2.24. The molecule has 12 heavy (non-hydrogen) atoms. The van der Waals surface area contributed by atoms with Gasteiger partial charge in [-0.1, -0.05) is 34.1 Å². The van der Waals surface area contributed by atoms with E-state index in [1.54, 1.807) is 0 Å². The average Bonchev–Trinajstić information content (AvgIpc) is 1.98. The summed E-state index contributed by atoms with van der Waals surface area (Å²) in [4.78, 5) is 0. The molecule has 1 nitrogen and oxygen atoms in total. The quantitative estimate of drug-likeness (QED) is 0.676. The third-order valence-electron chi connectivity index (χ3n) is 2.90. The SMILES string of the molecule is CCC(C)CC(C(C)C)C(C)N. The van der Waals surface area contributed by atoms with Gasteiger partial charge in [0.2, 0.25) is 0 Å². The van der Waals surface area contributed by atoms with Crippen LogP contribution in [0.3, 0.4) is 0 Å². The Morgan fingerprint density at radius 3 is 1.83 bits per heavy atom. The fourth-order valence-corrected chi connectivity index (χ4v) is 1.73. The number of rotatable bonds is 5. The molecule has 0 aliphatic carbocycles. The van der Waals surface area contributed by atoms with E-state index in [4.69, 9.17) is 5.73 Å². The monoisotopic (exact) mass is 171 g/mol. The van der Waals surface area contributed by atoms with Gasteiger partial charge in [0.05, 0.1) is 0 Å². The first-order valence-electron chi connectivity index (χ1n) is 5.24. The molecule has 0 spiro atoms. The smallest absolute Gasteiger partial charge is 0.00413 e. The topological polar surface area (TPSA) is 26.0 Å². The number of hydrogen-bond donors (Lipinski definition) is 1. The minimum absolute atomic E-state index is 0.346. The Hall–Kier alpha value is -0.0400. The van der Waals surface area contributed by atoms with Gasteiger partial charge >= 0.3 is 0 Å². The summed E-state index contributed by atoms with van der Waals surface area (Å²) in [6, 6.07) is 0.346. The van der Waals surface area contributed by atoms with E-state index in [1.807, 2.05) is 0 Å². The van der Waals surface area contributed by atoms with Gasteiger partial charge in [0, 0.05) is 6.04 Å². The molecule has 0 saturated heterocycles. The third kappa shape index (κ3) is 4.10. The molecule has 0 heterocycles. The van der Waals surface area contributed by atoms with Crippen molar-refractivity contribution in [2.24, 2.45) is 23.5 Å². The maximum Gasteiger partial charge on any atom is 0.00413 e. The molecule has 0 aliphatic heterocycles. The normalized spacial score (nSPS) is 19.2. The van der Waals surface area contributed by atoms with Crippen LogP contribution in [0.4, 0.5) is 0 Å². The molecule has 0 fully saturated rings. The van der Waals surface area contributed by atoms with E-state index in [9.17, 15) is 0 Å². The van der Waals surface area contributed by atoms with Crippen molar-refractivity contribution >= 4 is 0 Å². The highest BCUT2D eigenvalue weighted by Crippen LogP contribution is 2.24. The highest BCUT2D eigenvalue weighted by molar-refractivity contribution is 4.73. The first-order valence-corrected chi connectivity index (χ1v) is 5.24. The minimum atomic E-state index is 0.346. The molecule has 0 bridgehead atoms. The van der Waals surface area contributed by atoms with E-state index in [0.717, 1.165) is 11.8 Å². The van der Waals surface area contributed by atoms with E-state index in [0.29, 0.717) is 12.0 Å². The molecule has 74 valence electrons. The highest BCUT2D eigenvalue weighted by atomic mass is 14.6. The Balaban J connectivity index is 3.95. The fourth-order valence-electron chi connectivity index (χ4n) is 1.73. The van der Waals surface area contributed by atoms with Crippen LogP contribution in [0, 0.1) is 17.8 Å². The maximum atomic E-state index is 5.94. The zero-order valence-electron chi connectivity index (χ0n) is 9.30. The molecule has 0 rings (SSSR count). The maximum absolute atomic E-state index is 5.94. The van der Waals surface area contributed by atoms with Crippen LogP contribution < -0.4 is 5.73 Å². The van der Waals surface area contributed by atoms with Crippen LogP contribution in [0.2, 0.25) is 0 Å². The van der Waals surface area contributed by atoms with Crippen LogP contribution in [0.1, 0.15) is 47.5 Å². The van der Waals surface area contributed by atoms with Crippen LogP contribution in [-0.4, -0.2) is 6.04 Å². The lowest BCUT2D eigenvalue weighted by Gasteiger charge is -2.27. The van der Waals surface area contributed by atoms with Crippen LogP contribution in [0.15, 0.2) is 0 Å². The summed E-state index contributed by atoms with van der Waals surface area (Å²) in [6.45, 7) is 11.3. The first-order chi connectivity index (χ1) is 5.49. The van der Waals surface area contributed by atoms with Crippen LogP contribution in [-0.2, 0) is 0 Å². The van der Waals surface area contributed by atoms with E-state index >= 15 is 0 Å². The molecule has 0 aromatic heterocycles. The summed E-state index contributed by atoms with van der Waals surface area (Å²) >= 11 is 0. The van der Waals surface area contributed by atoms with Crippen LogP contribution in [0.25, 0.3) is 0 Å². The van der Waals surface area contributed by atoms with Gasteiger partial charge in [-0.25, -0.2) is 0 Å². The van der Waals surface area contributed by atoms with Gasteiger partial charge in [0.15, 0.2) is 0 Å². The molecule has 3 atom stereocenters. The molecule has 2 N–H and O–H groups in total. The molecular weight excluding hydrogens is 146 g/mol. The van der Waals surface area contributed by atoms with E-state index in [-0.39, 0.29) is 0 Å². The average molecular weight is 171 g/mol. The predicted octanol–water partition coefficient (Wildman–Crippen LogP) is 3.04. The molecular formula is C11H25N. The van der Waals surface area contributed by atoms with Crippen molar-refractivity contribution in [2.75, 3.05) is 0 Å². The Bertz CT molecular complexity index is 99.6. The highest BCUT2D eigenvalue weighted by Gasteiger charge is 2.19. The van der Waals surface area contributed by atoms with Gasteiger partial charge in [-0.2, -0.15) is 0 Å². The molecule has 0 radical (unpaired) electrons. The van der Waals surface area contributed by atoms with Crippen LogP contribution >= 0.6 is 0 Å². The summed E-state index contributed by atoms with van der Waals surface area (Å²) in [5.41, 5.74) is 5.94. The standard InChI is InChI=1S/C11H25N/c1-6-9(4)7-11(8(2)3)10(5)12/h8-11H,6-7,12H2,1-5H3. The van der Waals surface area contributed by atoms with E-state index in [2.05, 4.69) is 34.6 Å². The van der Waals surface area contributed by atoms with Gasteiger partial charge in [-0.15, -0.1) is 0 Å². The summed E-state index contributed by atoms with van der Waals surface area (Å²) in [6.07, 6.45) is 2.56. The van der Waals surface area contributed by atoms with Crippen molar-refractivity contribution in [2.45, 2.75) is 53.5 Å². The number of nitrogens with two attached hydrogens (primary N) is 1. The second-order valence-electron chi connectivity index (χ2n) is 4.52. The zero-order chi connectivity index (χ0) is 9.72. The third-order valence-corrected chi connectivity index (χ3v) is 2.90. The molecule has 0 aromatic rings. The summed E-state index contributed by atoms with van der Waals surface area (Å²) in [5, 5.41) is 0. The zero-order valence-corrected chi connectivity index (χ0v) is 9.30. The van der Waals surface area contributed by atoms with Crippen molar-refractivity contribution in [3.8, 4) is 0 Å². The molecule has 1 heteroatoms. The Morgan fingerprint density at radius 1 is 1.08 bits per heavy atom. The van der Waals surface area contributed by atoms with Gasteiger partial charge in [0.1, 0.15) is 0 Å². The lowest BCUT2D eigenvalue weighted by molar-refractivity contribution is 0.266. The van der Waals surface area contributed by atoms with E-state index in [1.165, 1.54) is 12.8 Å². The Kier molecular flexibility index (Phi) is 5.56. The molecule has 0 aliphatic rings. The minimum Gasteiger partial charge on any atom is -0.328 e. The summed E-state index contributed by atoms with van der Waals surface area (Å²) in [7, 11) is 0. The van der Waals surface area contributed by atoms with Gasteiger partial charge in [0.25, 0.3) is 0 Å². The second kappa shape index (κ2) is 5.58. The van der Waals surface area contributed by atoms with Crippen LogP contribution in [0.5, 0.6) is 0 Å². The first kappa shape index (κ1) is 12.0. The molecule has 0 saturated carbocycles.